The monoisotopic (exact) mass is 395 g/mol. The maximum absolute atomic E-state index is 13.1. The zero-order chi connectivity index (χ0) is 20.2. The van der Waals surface area contributed by atoms with Crippen LogP contribution in [-0.4, -0.2) is 58.7 Å². The van der Waals surface area contributed by atoms with Gasteiger partial charge in [-0.05, 0) is 57.2 Å². The molecule has 7 heteroatoms. The summed E-state index contributed by atoms with van der Waals surface area (Å²) in [6, 6.07) is 9.79. The number of hydrogen-bond donors (Lipinski definition) is 2. The molecule has 2 atom stereocenters. The summed E-state index contributed by atoms with van der Waals surface area (Å²) in [7, 11) is 0. The fourth-order valence-electron chi connectivity index (χ4n) is 4.31. The molecule has 2 saturated heterocycles. The van der Waals surface area contributed by atoms with Gasteiger partial charge in [0.25, 0.3) is 5.91 Å². The van der Waals surface area contributed by atoms with E-state index in [2.05, 4.69) is 15.7 Å². The summed E-state index contributed by atoms with van der Waals surface area (Å²) >= 11 is 0. The van der Waals surface area contributed by atoms with E-state index in [9.17, 15) is 9.59 Å². The van der Waals surface area contributed by atoms with Gasteiger partial charge in [-0.1, -0.05) is 18.2 Å². The van der Waals surface area contributed by atoms with Gasteiger partial charge >= 0.3 is 0 Å². The van der Waals surface area contributed by atoms with E-state index in [1.54, 1.807) is 6.20 Å². The van der Waals surface area contributed by atoms with Crippen molar-refractivity contribution in [3.05, 3.63) is 47.8 Å². The van der Waals surface area contributed by atoms with Crippen LogP contribution < -0.4 is 10.6 Å². The highest BCUT2D eigenvalue weighted by atomic mass is 16.2. The Hall–Kier alpha value is -2.67. The molecule has 154 valence electrons. The van der Waals surface area contributed by atoms with Crippen LogP contribution in [-0.2, 0) is 4.79 Å². The third-order valence-corrected chi connectivity index (χ3v) is 5.99. The summed E-state index contributed by atoms with van der Waals surface area (Å²) in [5.41, 5.74) is 2.45. The summed E-state index contributed by atoms with van der Waals surface area (Å²) in [6.45, 7) is 4.91. The molecule has 2 aliphatic heterocycles. The molecule has 2 amide bonds. The van der Waals surface area contributed by atoms with Crippen LogP contribution in [0.2, 0.25) is 0 Å². The maximum atomic E-state index is 13.1. The molecule has 3 heterocycles. The molecule has 0 aliphatic carbocycles. The van der Waals surface area contributed by atoms with Gasteiger partial charge in [-0.2, -0.15) is 5.10 Å². The standard InChI is InChI=1S/C22H29N5O2/c1-16-19(14-25-27(16)18-8-3-2-4-9-18)22(29)26-12-6-7-17(15-26)13-24-21(28)20-10-5-11-23-20/h2-4,8-9,14,17,20,23H,5-7,10-13,15H2,1H3,(H,24,28). The molecule has 2 unspecified atom stereocenters. The zero-order valence-electron chi connectivity index (χ0n) is 16.9. The molecule has 0 bridgehead atoms. The van der Waals surface area contributed by atoms with Gasteiger partial charge in [-0.15, -0.1) is 0 Å². The normalized spacial score (nSPS) is 21.9. The Kier molecular flexibility index (Phi) is 5.94. The molecule has 0 radical (unpaired) electrons. The van der Waals surface area contributed by atoms with Crippen LogP contribution in [0.1, 0.15) is 41.7 Å². The van der Waals surface area contributed by atoms with Crippen molar-refractivity contribution < 1.29 is 9.59 Å². The highest BCUT2D eigenvalue weighted by Crippen LogP contribution is 2.21. The maximum Gasteiger partial charge on any atom is 0.257 e. The lowest BCUT2D eigenvalue weighted by atomic mass is 9.97. The van der Waals surface area contributed by atoms with Crippen molar-refractivity contribution in [3.8, 4) is 5.69 Å². The molecular formula is C22H29N5O2. The van der Waals surface area contributed by atoms with E-state index in [4.69, 9.17) is 0 Å². The second-order valence-electron chi connectivity index (χ2n) is 8.04. The van der Waals surface area contributed by atoms with Crippen molar-refractivity contribution in [1.29, 1.82) is 0 Å². The minimum Gasteiger partial charge on any atom is -0.354 e. The van der Waals surface area contributed by atoms with Crippen molar-refractivity contribution in [2.75, 3.05) is 26.2 Å². The number of likely N-dealkylation sites (tertiary alicyclic amines) is 1. The van der Waals surface area contributed by atoms with E-state index in [1.165, 1.54) is 0 Å². The second kappa shape index (κ2) is 8.78. The van der Waals surface area contributed by atoms with E-state index in [0.29, 0.717) is 24.6 Å². The van der Waals surface area contributed by atoms with Crippen LogP contribution in [0, 0.1) is 12.8 Å². The number of carbonyl (C=O) groups is 2. The van der Waals surface area contributed by atoms with E-state index >= 15 is 0 Å². The fraction of sp³-hybridized carbons (Fsp3) is 0.500. The number of hydrogen-bond acceptors (Lipinski definition) is 4. The van der Waals surface area contributed by atoms with Gasteiger partial charge in [0.2, 0.25) is 5.91 Å². The minimum atomic E-state index is -0.0530. The molecule has 1 aromatic heterocycles. The first-order chi connectivity index (χ1) is 14.1. The predicted molar refractivity (Wildman–Crippen MR) is 111 cm³/mol. The number of piperidine rings is 1. The number of nitrogens with zero attached hydrogens (tertiary/aromatic N) is 3. The number of amides is 2. The van der Waals surface area contributed by atoms with Gasteiger partial charge in [0.05, 0.1) is 29.2 Å². The van der Waals surface area contributed by atoms with Gasteiger partial charge in [0.15, 0.2) is 0 Å². The van der Waals surface area contributed by atoms with E-state index in [1.807, 2.05) is 46.8 Å². The van der Waals surface area contributed by atoms with Crippen molar-refractivity contribution in [2.24, 2.45) is 5.92 Å². The van der Waals surface area contributed by atoms with Gasteiger partial charge in [-0.3, -0.25) is 9.59 Å². The number of benzene rings is 1. The van der Waals surface area contributed by atoms with Gasteiger partial charge in [0, 0.05) is 19.6 Å². The summed E-state index contributed by atoms with van der Waals surface area (Å²) in [6.07, 6.45) is 5.62. The first kappa shape index (κ1) is 19.6. The average Bonchev–Trinajstić information content (AvgIpc) is 3.42. The quantitative estimate of drug-likeness (QED) is 0.811. The number of aromatic nitrogens is 2. The summed E-state index contributed by atoms with van der Waals surface area (Å²) < 4.78 is 1.81. The van der Waals surface area contributed by atoms with Crippen LogP contribution in [0.4, 0.5) is 0 Å². The first-order valence-corrected chi connectivity index (χ1v) is 10.5. The molecule has 0 spiro atoms. The van der Waals surface area contributed by atoms with Crippen molar-refractivity contribution in [3.63, 3.8) is 0 Å². The Morgan fingerprint density at radius 1 is 1.21 bits per heavy atom. The van der Waals surface area contributed by atoms with Crippen LogP contribution in [0.15, 0.2) is 36.5 Å². The Morgan fingerprint density at radius 3 is 2.79 bits per heavy atom. The predicted octanol–water partition coefficient (Wildman–Crippen LogP) is 1.90. The molecule has 29 heavy (non-hydrogen) atoms. The molecule has 0 saturated carbocycles. The molecule has 4 rings (SSSR count). The van der Waals surface area contributed by atoms with E-state index < -0.39 is 0 Å². The number of rotatable bonds is 5. The molecule has 2 fully saturated rings. The Bertz CT molecular complexity index is 857. The third-order valence-electron chi connectivity index (χ3n) is 5.99. The molecule has 2 aromatic rings. The zero-order valence-corrected chi connectivity index (χ0v) is 16.9. The van der Waals surface area contributed by atoms with Crippen LogP contribution in [0.25, 0.3) is 5.69 Å². The fourth-order valence-corrected chi connectivity index (χ4v) is 4.31. The summed E-state index contributed by atoms with van der Waals surface area (Å²) in [4.78, 5) is 27.3. The third kappa shape index (κ3) is 4.34. The largest absolute Gasteiger partial charge is 0.354 e. The lowest BCUT2D eigenvalue weighted by Gasteiger charge is -2.33. The van der Waals surface area contributed by atoms with Gasteiger partial charge in [0.1, 0.15) is 0 Å². The topological polar surface area (TPSA) is 79.3 Å². The van der Waals surface area contributed by atoms with E-state index in [0.717, 1.165) is 50.2 Å². The second-order valence-corrected chi connectivity index (χ2v) is 8.04. The first-order valence-electron chi connectivity index (χ1n) is 10.5. The summed E-state index contributed by atoms with van der Waals surface area (Å²) in [5.74, 6) is 0.409. The van der Waals surface area contributed by atoms with Gasteiger partial charge in [-0.25, -0.2) is 4.68 Å². The lowest BCUT2D eigenvalue weighted by Crippen LogP contribution is -2.46. The molecule has 2 aliphatic rings. The number of nitrogens with one attached hydrogen (secondary N) is 2. The number of para-hydroxylation sites is 1. The van der Waals surface area contributed by atoms with Crippen molar-refractivity contribution >= 4 is 11.8 Å². The highest BCUT2D eigenvalue weighted by Gasteiger charge is 2.28. The lowest BCUT2D eigenvalue weighted by molar-refractivity contribution is -0.123. The molecular weight excluding hydrogens is 366 g/mol. The van der Waals surface area contributed by atoms with Gasteiger partial charge < -0.3 is 15.5 Å². The summed E-state index contributed by atoms with van der Waals surface area (Å²) in [5, 5.41) is 10.7. The molecule has 2 N–H and O–H groups in total. The Morgan fingerprint density at radius 2 is 2.03 bits per heavy atom. The molecule has 7 nitrogen and oxygen atoms in total. The minimum absolute atomic E-state index is 0.0261. The Balaban J connectivity index is 1.37. The Labute approximate surface area is 171 Å². The average molecular weight is 396 g/mol. The van der Waals surface area contributed by atoms with Crippen LogP contribution >= 0.6 is 0 Å². The highest BCUT2D eigenvalue weighted by molar-refractivity contribution is 5.95. The van der Waals surface area contributed by atoms with E-state index in [-0.39, 0.29) is 17.9 Å². The van der Waals surface area contributed by atoms with Crippen molar-refractivity contribution in [2.45, 2.75) is 38.6 Å². The van der Waals surface area contributed by atoms with Crippen molar-refractivity contribution in [1.82, 2.24) is 25.3 Å². The van der Waals surface area contributed by atoms with Crippen LogP contribution in [0.5, 0.6) is 0 Å². The number of carbonyl (C=O) groups excluding carboxylic acids is 2. The SMILES string of the molecule is Cc1c(C(=O)N2CCCC(CNC(=O)C3CCCN3)C2)cnn1-c1ccccc1. The molecule has 1 aromatic carbocycles. The smallest absolute Gasteiger partial charge is 0.257 e. The van der Waals surface area contributed by atoms with Crippen LogP contribution in [0.3, 0.4) is 0 Å².